The number of aromatic carboxylic acids is 1. The Morgan fingerprint density at radius 2 is 2.04 bits per heavy atom. The van der Waals surface area contributed by atoms with Crippen molar-refractivity contribution >= 4 is 39.8 Å². The van der Waals surface area contributed by atoms with Gasteiger partial charge in [0.15, 0.2) is 5.82 Å². The molecule has 5 N–H and O–H groups in total. The quantitative estimate of drug-likeness (QED) is 0.672. The molecule has 0 radical (unpaired) electrons. The van der Waals surface area contributed by atoms with Crippen molar-refractivity contribution in [3.05, 3.63) is 32.8 Å². The van der Waals surface area contributed by atoms with Crippen LogP contribution in [0.1, 0.15) is 43.1 Å². The second-order valence-corrected chi connectivity index (χ2v) is 8.78. The molecular formula is C19H22ClFN4O3. The summed E-state index contributed by atoms with van der Waals surface area (Å²) in [6.07, 6.45) is 2.93. The number of nitrogens with zero attached hydrogens (tertiary/aromatic N) is 2. The smallest absolute Gasteiger partial charge is 0.341 e. The van der Waals surface area contributed by atoms with Crippen LogP contribution in [0.5, 0.6) is 0 Å². The molecule has 7 nitrogen and oxygen atoms in total. The first kappa shape index (κ1) is 19.0. The van der Waals surface area contributed by atoms with Gasteiger partial charge in [-0.2, -0.15) is 0 Å². The molecule has 1 aromatic heterocycles. The van der Waals surface area contributed by atoms with Gasteiger partial charge >= 0.3 is 5.97 Å². The molecule has 1 saturated heterocycles. The van der Waals surface area contributed by atoms with E-state index in [1.54, 1.807) is 9.47 Å². The maximum absolute atomic E-state index is 15.3. The number of anilines is 2. The number of nitrogen functional groups attached to an aromatic ring is 1. The van der Waals surface area contributed by atoms with E-state index < -0.39 is 22.8 Å². The number of carboxylic acid groups (broad SMARTS) is 1. The number of aromatic nitrogens is 1. The van der Waals surface area contributed by atoms with E-state index in [0.29, 0.717) is 13.1 Å². The van der Waals surface area contributed by atoms with Crippen LogP contribution in [0.3, 0.4) is 0 Å². The Hall–Kier alpha value is -2.32. The summed E-state index contributed by atoms with van der Waals surface area (Å²) >= 11 is 6.64. The topological polar surface area (TPSA) is 115 Å². The van der Waals surface area contributed by atoms with Crippen molar-refractivity contribution in [1.82, 2.24) is 4.57 Å². The van der Waals surface area contributed by atoms with Crippen molar-refractivity contribution < 1.29 is 14.3 Å². The summed E-state index contributed by atoms with van der Waals surface area (Å²) in [6.45, 7) is 4.87. The Bertz CT molecular complexity index is 1080. The van der Waals surface area contributed by atoms with Crippen LogP contribution < -0.4 is 21.8 Å². The second kappa shape index (κ2) is 6.09. The Morgan fingerprint density at radius 1 is 1.39 bits per heavy atom. The van der Waals surface area contributed by atoms with E-state index in [1.165, 1.54) is 6.20 Å². The molecule has 2 aromatic rings. The van der Waals surface area contributed by atoms with Crippen molar-refractivity contribution in [1.29, 1.82) is 0 Å². The van der Waals surface area contributed by atoms with Gasteiger partial charge in [-0.15, -0.1) is 0 Å². The number of pyridine rings is 1. The monoisotopic (exact) mass is 408 g/mol. The van der Waals surface area contributed by atoms with Crippen LogP contribution in [0.2, 0.25) is 5.02 Å². The fourth-order valence-corrected chi connectivity index (χ4v) is 4.35. The van der Waals surface area contributed by atoms with Crippen LogP contribution in [0, 0.1) is 11.2 Å². The Balaban J connectivity index is 2.06. The molecule has 0 amide bonds. The first-order chi connectivity index (χ1) is 13.0. The van der Waals surface area contributed by atoms with Crippen LogP contribution in [-0.4, -0.2) is 34.8 Å². The molecule has 1 atom stereocenters. The minimum atomic E-state index is -1.38. The van der Waals surface area contributed by atoms with Gasteiger partial charge in [-0.05, 0) is 18.3 Å². The first-order valence-corrected chi connectivity index (χ1v) is 9.51. The summed E-state index contributed by atoms with van der Waals surface area (Å²) in [5, 5.41) is 9.27. The van der Waals surface area contributed by atoms with Crippen LogP contribution >= 0.6 is 11.6 Å². The van der Waals surface area contributed by atoms with Gasteiger partial charge in [0.05, 0.1) is 27.3 Å². The standard InChI is InChI=1S/C19H22ClFN4O3/c1-19(2)7-24(6-10(19)22)16-12(20)15-11(14(23)13(16)21)17(26)9(18(27)28)5-25(15)8-3-4-8/h5,8,10H,3-4,6-7,22-23H2,1-2H3,(H,27,28). The Kier molecular flexibility index (Phi) is 4.13. The van der Waals surface area contributed by atoms with Gasteiger partial charge in [-0.1, -0.05) is 25.4 Å². The summed E-state index contributed by atoms with van der Waals surface area (Å²) in [6, 6.07) is -0.173. The van der Waals surface area contributed by atoms with E-state index in [9.17, 15) is 14.7 Å². The maximum Gasteiger partial charge on any atom is 0.341 e. The number of nitrogens with two attached hydrogens (primary N) is 2. The zero-order valence-corrected chi connectivity index (χ0v) is 16.4. The molecule has 9 heteroatoms. The lowest BCUT2D eigenvalue weighted by Crippen LogP contribution is -2.35. The minimum absolute atomic E-state index is 0.00804. The van der Waals surface area contributed by atoms with Crippen molar-refractivity contribution in [2.24, 2.45) is 11.1 Å². The number of hydrogen-bond acceptors (Lipinski definition) is 5. The van der Waals surface area contributed by atoms with Crippen molar-refractivity contribution in [2.75, 3.05) is 23.7 Å². The molecule has 28 heavy (non-hydrogen) atoms. The third kappa shape index (κ3) is 2.66. The second-order valence-electron chi connectivity index (χ2n) is 8.40. The van der Waals surface area contributed by atoms with Gasteiger partial charge in [-0.25, -0.2) is 9.18 Å². The number of benzene rings is 1. The van der Waals surface area contributed by atoms with E-state index in [2.05, 4.69) is 0 Å². The average Bonchev–Trinajstić information content (AvgIpc) is 3.39. The van der Waals surface area contributed by atoms with E-state index in [4.69, 9.17) is 23.1 Å². The highest BCUT2D eigenvalue weighted by Gasteiger charge is 2.40. The summed E-state index contributed by atoms with van der Waals surface area (Å²) < 4.78 is 17.0. The third-order valence-corrected chi connectivity index (χ3v) is 6.23. The Labute approximate surface area is 165 Å². The molecule has 0 spiro atoms. The number of carbonyl (C=O) groups is 1. The van der Waals surface area contributed by atoms with Crippen molar-refractivity contribution in [2.45, 2.75) is 38.8 Å². The molecule has 1 aliphatic carbocycles. The lowest BCUT2D eigenvalue weighted by Gasteiger charge is -2.25. The van der Waals surface area contributed by atoms with Gasteiger partial charge in [0.2, 0.25) is 5.43 Å². The predicted molar refractivity (Wildman–Crippen MR) is 107 cm³/mol. The number of fused-ring (bicyclic) bond motifs is 1. The van der Waals surface area contributed by atoms with E-state index in [0.717, 1.165) is 12.8 Å². The molecule has 0 bridgehead atoms. The normalized spacial score (nSPS) is 21.5. The number of hydrogen-bond donors (Lipinski definition) is 3. The molecule has 2 fully saturated rings. The van der Waals surface area contributed by atoms with Crippen LogP contribution in [0.25, 0.3) is 10.9 Å². The van der Waals surface area contributed by atoms with Crippen LogP contribution in [0.15, 0.2) is 11.0 Å². The lowest BCUT2D eigenvalue weighted by atomic mass is 9.89. The third-order valence-electron chi connectivity index (χ3n) is 5.87. The minimum Gasteiger partial charge on any atom is -0.477 e. The number of carboxylic acids is 1. The number of halogens is 2. The van der Waals surface area contributed by atoms with E-state index in [-0.39, 0.29) is 44.8 Å². The molecule has 1 aromatic carbocycles. The van der Waals surface area contributed by atoms with Crippen LogP contribution in [-0.2, 0) is 0 Å². The molecule has 2 aliphatic rings. The summed E-state index contributed by atoms with van der Waals surface area (Å²) in [5.41, 5.74) is 10.7. The highest BCUT2D eigenvalue weighted by atomic mass is 35.5. The van der Waals surface area contributed by atoms with Gasteiger partial charge in [0.25, 0.3) is 0 Å². The molecule has 2 heterocycles. The molecule has 150 valence electrons. The molecular weight excluding hydrogens is 387 g/mol. The largest absolute Gasteiger partial charge is 0.477 e. The number of rotatable bonds is 3. The lowest BCUT2D eigenvalue weighted by molar-refractivity contribution is 0.0695. The highest BCUT2D eigenvalue weighted by molar-refractivity contribution is 6.38. The molecule has 4 rings (SSSR count). The first-order valence-electron chi connectivity index (χ1n) is 9.13. The van der Waals surface area contributed by atoms with E-state index >= 15 is 4.39 Å². The summed E-state index contributed by atoms with van der Waals surface area (Å²) in [7, 11) is 0. The SMILES string of the molecule is CC1(C)CN(c2c(F)c(N)c3c(=O)c(C(=O)O)cn(C4CC4)c3c2Cl)CC1N. The predicted octanol–water partition coefficient (Wildman–Crippen LogP) is 2.58. The van der Waals surface area contributed by atoms with Crippen molar-refractivity contribution in [3.8, 4) is 0 Å². The highest BCUT2D eigenvalue weighted by Crippen LogP contribution is 2.46. The molecule has 1 saturated carbocycles. The fourth-order valence-electron chi connectivity index (χ4n) is 3.95. The zero-order valence-electron chi connectivity index (χ0n) is 15.6. The van der Waals surface area contributed by atoms with Gasteiger partial charge < -0.3 is 26.0 Å². The van der Waals surface area contributed by atoms with Gasteiger partial charge in [0, 0.05) is 31.4 Å². The summed E-state index contributed by atoms with van der Waals surface area (Å²) in [5.74, 6) is -2.20. The van der Waals surface area contributed by atoms with E-state index in [1.807, 2.05) is 13.8 Å². The van der Waals surface area contributed by atoms with Gasteiger partial charge in [0.1, 0.15) is 5.56 Å². The molecule has 1 aliphatic heterocycles. The zero-order chi connectivity index (χ0) is 20.5. The average molecular weight is 409 g/mol. The fraction of sp³-hybridized carbons (Fsp3) is 0.474. The Morgan fingerprint density at radius 3 is 2.54 bits per heavy atom. The maximum atomic E-state index is 15.3. The van der Waals surface area contributed by atoms with Crippen LogP contribution in [0.4, 0.5) is 15.8 Å². The van der Waals surface area contributed by atoms with Crippen molar-refractivity contribution in [3.63, 3.8) is 0 Å². The summed E-state index contributed by atoms with van der Waals surface area (Å²) in [4.78, 5) is 26.0. The molecule has 1 unspecified atom stereocenters. The van der Waals surface area contributed by atoms with Gasteiger partial charge in [-0.3, -0.25) is 4.79 Å².